The molecule has 2 rings (SSSR count). The highest BCUT2D eigenvalue weighted by molar-refractivity contribution is 6.24. The van der Waals surface area contributed by atoms with Crippen LogP contribution in [0.25, 0.3) is 0 Å². The molecule has 132 valence electrons. The van der Waals surface area contributed by atoms with Crippen LogP contribution < -0.4 is 0 Å². The first-order valence-electron chi connectivity index (χ1n) is 8.50. The number of aromatic nitrogens is 1. The van der Waals surface area contributed by atoms with Crippen LogP contribution in [-0.2, 0) is 14.4 Å². The van der Waals surface area contributed by atoms with Crippen LogP contribution in [0.3, 0.4) is 0 Å². The molecule has 0 bridgehead atoms. The van der Waals surface area contributed by atoms with Crippen molar-refractivity contribution in [3.63, 3.8) is 0 Å². The van der Waals surface area contributed by atoms with Gasteiger partial charge in [0.15, 0.2) is 5.78 Å². The van der Waals surface area contributed by atoms with Gasteiger partial charge in [-0.25, -0.2) is 0 Å². The number of hydrogen-bond donors (Lipinski definition) is 0. The van der Waals surface area contributed by atoms with E-state index in [0.29, 0.717) is 30.9 Å². The van der Waals surface area contributed by atoms with Crippen molar-refractivity contribution in [1.82, 2.24) is 5.16 Å². The summed E-state index contributed by atoms with van der Waals surface area (Å²) in [5, 5.41) is 7.97. The van der Waals surface area contributed by atoms with Gasteiger partial charge in [0.25, 0.3) is 0 Å². The Hall–Kier alpha value is -1.98. The van der Waals surface area contributed by atoms with Crippen molar-refractivity contribution in [2.75, 3.05) is 6.61 Å². The highest BCUT2D eigenvalue weighted by Gasteiger charge is 2.51. The highest BCUT2D eigenvalue weighted by atomic mass is 16.6. The zero-order valence-electron chi connectivity index (χ0n) is 15.1. The van der Waals surface area contributed by atoms with Gasteiger partial charge >= 0.3 is 0 Å². The number of hydrogen-bond acceptors (Lipinski definition) is 6. The van der Waals surface area contributed by atoms with E-state index in [1.54, 1.807) is 6.07 Å². The van der Waals surface area contributed by atoms with Crippen molar-refractivity contribution >= 4 is 17.3 Å². The van der Waals surface area contributed by atoms with E-state index in [0.717, 1.165) is 12.1 Å². The largest absolute Gasteiger partial charge is 0.396 e. The molecule has 1 fully saturated rings. The second kappa shape index (κ2) is 7.28. The third-order valence-corrected chi connectivity index (χ3v) is 4.38. The summed E-state index contributed by atoms with van der Waals surface area (Å²) in [6, 6.07) is 1.77. The van der Waals surface area contributed by atoms with Gasteiger partial charge in [-0.2, -0.15) is 0 Å². The van der Waals surface area contributed by atoms with Crippen molar-refractivity contribution in [3.8, 4) is 0 Å². The molecule has 6 heteroatoms. The molecule has 1 saturated carbocycles. The molecule has 1 aromatic heterocycles. The Balaban J connectivity index is 2.42. The highest BCUT2D eigenvalue weighted by Crippen LogP contribution is 2.46. The summed E-state index contributed by atoms with van der Waals surface area (Å²) in [6.45, 7) is 9.86. The fraction of sp³-hybridized carbons (Fsp3) is 0.667. The molecule has 1 heterocycles. The van der Waals surface area contributed by atoms with Gasteiger partial charge in [0.2, 0.25) is 0 Å². The zero-order chi connectivity index (χ0) is 17.9. The van der Waals surface area contributed by atoms with E-state index in [-0.39, 0.29) is 11.6 Å². The SMILES string of the molecule is CCC/C(=N/OCC)C1C(=O)CC(C)(C)C(c2cc(C)no2)C1=O. The third kappa shape index (κ3) is 3.57. The molecule has 6 nitrogen and oxygen atoms in total. The Morgan fingerprint density at radius 3 is 2.67 bits per heavy atom. The first-order valence-corrected chi connectivity index (χ1v) is 8.50. The summed E-state index contributed by atoms with van der Waals surface area (Å²) in [4.78, 5) is 31.0. The summed E-state index contributed by atoms with van der Waals surface area (Å²) in [5.41, 5.74) is 0.726. The van der Waals surface area contributed by atoms with E-state index < -0.39 is 17.3 Å². The van der Waals surface area contributed by atoms with E-state index in [1.165, 1.54) is 0 Å². The molecule has 0 amide bonds. The molecule has 0 saturated heterocycles. The first kappa shape index (κ1) is 18.4. The summed E-state index contributed by atoms with van der Waals surface area (Å²) in [7, 11) is 0. The fourth-order valence-electron chi connectivity index (χ4n) is 3.40. The monoisotopic (exact) mass is 334 g/mol. The zero-order valence-corrected chi connectivity index (χ0v) is 15.1. The molecule has 1 aliphatic carbocycles. The minimum atomic E-state index is -0.847. The summed E-state index contributed by atoms with van der Waals surface area (Å²) in [6.07, 6.45) is 1.64. The number of carbonyl (C=O) groups excluding carboxylic acids is 2. The molecule has 0 aliphatic heterocycles. The van der Waals surface area contributed by atoms with E-state index in [2.05, 4.69) is 10.3 Å². The Bertz CT molecular complexity index is 645. The Kier molecular flexibility index (Phi) is 5.57. The molecule has 0 N–H and O–H groups in total. The lowest BCUT2D eigenvalue weighted by atomic mass is 9.62. The van der Waals surface area contributed by atoms with Crippen LogP contribution in [0.1, 0.15) is 64.3 Å². The van der Waals surface area contributed by atoms with Crippen LogP contribution in [0.15, 0.2) is 15.7 Å². The van der Waals surface area contributed by atoms with Gasteiger partial charge in [0, 0.05) is 12.5 Å². The van der Waals surface area contributed by atoms with Crippen LogP contribution in [0, 0.1) is 18.3 Å². The molecule has 24 heavy (non-hydrogen) atoms. The maximum absolute atomic E-state index is 13.2. The van der Waals surface area contributed by atoms with Crippen LogP contribution in [0.5, 0.6) is 0 Å². The van der Waals surface area contributed by atoms with Crippen molar-refractivity contribution in [1.29, 1.82) is 0 Å². The minimum absolute atomic E-state index is 0.0932. The summed E-state index contributed by atoms with van der Waals surface area (Å²) < 4.78 is 5.36. The van der Waals surface area contributed by atoms with Crippen LogP contribution >= 0.6 is 0 Å². The molecular weight excluding hydrogens is 308 g/mol. The standard InChI is InChI=1S/C18H26N2O4/c1-6-8-12(20-23-7-2)15-13(21)10-18(4,5)16(17(15)22)14-9-11(3)19-24-14/h9,15-16H,6-8,10H2,1-5H3/b20-12-. The molecule has 2 unspecified atom stereocenters. The quantitative estimate of drug-likeness (QED) is 0.452. The third-order valence-electron chi connectivity index (χ3n) is 4.38. The molecule has 2 atom stereocenters. The minimum Gasteiger partial charge on any atom is -0.396 e. The van der Waals surface area contributed by atoms with Crippen LogP contribution in [0.4, 0.5) is 0 Å². The number of carbonyl (C=O) groups is 2. The first-order chi connectivity index (χ1) is 11.3. The summed E-state index contributed by atoms with van der Waals surface area (Å²) in [5.74, 6) is -1.10. The molecule has 1 aliphatic rings. The predicted octanol–water partition coefficient (Wildman–Crippen LogP) is 3.44. The number of oxime groups is 1. The lowest BCUT2D eigenvalue weighted by Crippen LogP contribution is -2.47. The summed E-state index contributed by atoms with van der Waals surface area (Å²) >= 11 is 0. The lowest BCUT2D eigenvalue weighted by Gasteiger charge is -2.38. The van der Waals surface area contributed by atoms with Crippen LogP contribution in [0.2, 0.25) is 0 Å². The Morgan fingerprint density at radius 2 is 2.12 bits per heavy atom. The molecule has 0 aromatic carbocycles. The number of aryl methyl sites for hydroxylation is 1. The number of nitrogens with zero attached hydrogens (tertiary/aromatic N) is 2. The van der Waals surface area contributed by atoms with Gasteiger partial charge in [-0.3, -0.25) is 9.59 Å². The second-order valence-corrected chi connectivity index (χ2v) is 7.02. The molecule has 0 radical (unpaired) electrons. The number of ketones is 2. The average molecular weight is 334 g/mol. The van der Waals surface area contributed by atoms with Gasteiger partial charge in [0.1, 0.15) is 24.1 Å². The van der Waals surface area contributed by atoms with Crippen molar-refractivity contribution in [3.05, 3.63) is 17.5 Å². The predicted molar refractivity (Wildman–Crippen MR) is 89.9 cm³/mol. The van der Waals surface area contributed by atoms with Gasteiger partial charge in [0.05, 0.1) is 17.3 Å². The Labute approximate surface area is 142 Å². The normalized spacial score (nSPS) is 24.3. The fourth-order valence-corrected chi connectivity index (χ4v) is 3.40. The van der Waals surface area contributed by atoms with Crippen molar-refractivity contribution in [2.45, 2.75) is 59.8 Å². The molecular formula is C18H26N2O4. The average Bonchev–Trinajstić information content (AvgIpc) is 2.89. The van der Waals surface area contributed by atoms with E-state index in [1.807, 2.05) is 34.6 Å². The smallest absolute Gasteiger partial charge is 0.160 e. The van der Waals surface area contributed by atoms with E-state index in [9.17, 15) is 9.59 Å². The topological polar surface area (TPSA) is 81.8 Å². The molecule has 1 aromatic rings. The maximum Gasteiger partial charge on any atom is 0.160 e. The van der Waals surface area contributed by atoms with Gasteiger partial charge in [-0.05, 0) is 25.7 Å². The second-order valence-electron chi connectivity index (χ2n) is 7.02. The van der Waals surface area contributed by atoms with Crippen LogP contribution in [-0.4, -0.2) is 29.0 Å². The Morgan fingerprint density at radius 1 is 1.42 bits per heavy atom. The lowest BCUT2D eigenvalue weighted by molar-refractivity contribution is -0.139. The molecule has 0 spiro atoms. The van der Waals surface area contributed by atoms with E-state index >= 15 is 0 Å². The number of rotatable bonds is 6. The number of Topliss-reactive ketones (excluding diaryl/α,β-unsaturated/α-hetero) is 2. The van der Waals surface area contributed by atoms with Crippen molar-refractivity contribution < 1.29 is 18.9 Å². The van der Waals surface area contributed by atoms with Gasteiger partial charge in [-0.1, -0.05) is 37.5 Å². The van der Waals surface area contributed by atoms with E-state index in [4.69, 9.17) is 9.36 Å². The van der Waals surface area contributed by atoms with Crippen molar-refractivity contribution in [2.24, 2.45) is 16.5 Å². The van der Waals surface area contributed by atoms with Gasteiger partial charge < -0.3 is 9.36 Å². The maximum atomic E-state index is 13.2. The van der Waals surface area contributed by atoms with Gasteiger partial charge in [-0.15, -0.1) is 0 Å².